The Kier molecular flexibility index (Phi) is 8.93. The summed E-state index contributed by atoms with van der Waals surface area (Å²) >= 11 is 0. The van der Waals surface area contributed by atoms with E-state index in [0.717, 1.165) is 10.8 Å². The molecule has 2 saturated heterocycles. The Hall–Kier alpha value is -4.04. The molecule has 5 rings (SSSR count). The van der Waals surface area contributed by atoms with Gasteiger partial charge in [-0.25, -0.2) is 14.4 Å². The van der Waals surface area contributed by atoms with Crippen LogP contribution in [0.4, 0.5) is 34.9 Å². The molecule has 1 amide bonds. The number of pyridine rings is 1. The zero-order valence-electron chi connectivity index (χ0n) is 25.0. The van der Waals surface area contributed by atoms with Crippen LogP contribution in [-0.4, -0.2) is 83.9 Å². The fourth-order valence-electron chi connectivity index (χ4n) is 5.56. The van der Waals surface area contributed by atoms with Crippen molar-refractivity contribution in [1.82, 2.24) is 19.4 Å². The number of ether oxygens (including phenoxy) is 1. The number of piperazine rings is 1. The predicted octanol–water partition coefficient (Wildman–Crippen LogP) is 4.10. The standard InChI is InChI=1S/C30H35F4N7O3/c1-5-39-17-22(23(11-27(39)42)30(32,33)34)28(43)37-25-10-21(20-13-35-29(36-14-20)40-6-8-44-9-7-40)24(31)12-26(25)41-15-18(2)38(4)19(3)16-41/h10-14,17-19H,5-9,15-16H2,1-4H3,(H,37,43). The van der Waals surface area contributed by atoms with E-state index in [-0.39, 0.29) is 29.9 Å². The van der Waals surface area contributed by atoms with E-state index < -0.39 is 34.6 Å². The third-order valence-electron chi connectivity index (χ3n) is 8.29. The van der Waals surface area contributed by atoms with Crippen molar-refractivity contribution >= 4 is 23.2 Å². The van der Waals surface area contributed by atoms with Gasteiger partial charge in [0.2, 0.25) is 5.95 Å². The highest BCUT2D eigenvalue weighted by Gasteiger charge is 2.37. The Labute approximate surface area is 252 Å². The zero-order valence-corrected chi connectivity index (χ0v) is 25.0. The summed E-state index contributed by atoms with van der Waals surface area (Å²) in [7, 11) is 1.99. The Bertz CT molecular complexity index is 1560. The van der Waals surface area contributed by atoms with Crippen molar-refractivity contribution in [2.75, 3.05) is 61.6 Å². The number of carbonyl (C=O) groups excluding carboxylic acids is 1. The van der Waals surface area contributed by atoms with Gasteiger partial charge >= 0.3 is 6.18 Å². The number of halogens is 4. The summed E-state index contributed by atoms with van der Waals surface area (Å²) < 4.78 is 64.0. The van der Waals surface area contributed by atoms with E-state index in [1.165, 1.54) is 24.5 Å². The smallest absolute Gasteiger partial charge is 0.378 e. The number of carbonyl (C=O) groups is 1. The van der Waals surface area contributed by atoms with Crippen LogP contribution in [0.2, 0.25) is 0 Å². The minimum atomic E-state index is -4.95. The molecular formula is C30H35F4N7O3. The molecule has 3 aromatic rings. The SMILES string of the molecule is CCn1cc(C(=O)Nc2cc(-c3cnc(N4CCOCC4)nc3)c(F)cc2N2CC(C)N(C)C(C)C2)c(C(F)(F)F)cc1=O. The summed E-state index contributed by atoms with van der Waals surface area (Å²) in [5, 5.41) is 2.61. The Morgan fingerprint density at radius 3 is 2.27 bits per heavy atom. The minimum Gasteiger partial charge on any atom is -0.378 e. The zero-order chi connectivity index (χ0) is 31.8. The normalized spacial score (nSPS) is 19.7. The largest absolute Gasteiger partial charge is 0.417 e. The Balaban J connectivity index is 1.57. The van der Waals surface area contributed by atoms with E-state index in [1.54, 1.807) is 6.92 Å². The van der Waals surface area contributed by atoms with Crippen LogP contribution in [0.15, 0.2) is 41.6 Å². The summed E-state index contributed by atoms with van der Waals surface area (Å²) in [6.45, 7) is 8.99. The number of morpholine rings is 1. The van der Waals surface area contributed by atoms with Gasteiger partial charge in [0.1, 0.15) is 5.82 Å². The number of anilines is 3. The first-order valence-electron chi connectivity index (χ1n) is 14.5. The number of amides is 1. The van der Waals surface area contributed by atoms with Crippen LogP contribution in [0, 0.1) is 5.82 Å². The fraction of sp³-hybridized carbons (Fsp3) is 0.467. The molecule has 2 unspecified atom stereocenters. The van der Waals surface area contributed by atoms with Gasteiger partial charge in [-0.1, -0.05) is 0 Å². The van der Waals surface area contributed by atoms with Crippen molar-refractivity contribution in [3.05, 3.63) is 64.1 Å². The minimum absolute atomic E-state index is 0.0702. The lowest BCUT2D eigenvalue weighted by Crippen LogP contribution is -2.55. The van der Waals surface area contributed by atoms with Gasteiger partial charge < -0.3 is 24.4 Å². The number of alkyl halides is 3. The molecular weight excluding hydrogens is 582 g/mol. The Morgan fingerprint density at radius 1 is 1.05 bits per heavy atom. The molecule has 0 spiro atoms. The number of nitrogens with one attached hydrogen (secondary N) is 1. The van der Waals surface area contributed by atoms with E-state index in [9.17, 15) is 22.8 Å². The third-order valence-corrected chi connectivity index (χ3v) is 8.29. The van der Waals surface area contributed by atoms with Gasteiger partial charge in [0.05, 0.1) is 35.7 Å². The van der Waals surface area contributed by atoms with Crippen LogP contribution in [0.25, 0.3) is 11.1 Å². The first kappa shape index (κ1) is 31.4. The van der Waals surface area contributed by atoms with Crippen LogP contribution < -0.4 is 20.7 Å². The second-order valence-electron chi connectivity index (χ2n) is 11.2. The molecule has 2 aromatic heterocycles. The second-order valence-corrected chi connectivity index (χ2v) is 11.2. The molecule has 4 heterocycles. The van der Waals surface area contributed by atoms with Crippen molar-refractivity contribution in [3.8, 4) is 11.1 Å². The molecule has 1 N–H and O–H groups in total. The van der Waals surface area contributed by atoms with E-state index in [4.69, 9.17) is 4.74 Å². The van der Waals surface area contributed by atoms with Crippen molar-refractivity contribution in [3.63, 3.8) is 0 Å². The highest BCUT2D eigenvalue weighted by atomic mass is 19.4. The molecule has 2 atom stereocenters. The molecule has 0 radical (unpaired) electrons. The molecule has 2 fully saturated rings. The molecule has 0 saturated carbocycles. The summed E-state index contributed by atoms with van der Waals surface area (Å²) in [5.74, 6) is -1.21. The third kappa shape index (κ3) is 6.41. The monoisotopic (exact) mass is 617 g/mol. The van der Waals surface area contributed by atoms with Crippen LogP contribution in [-0.2, 0) is 17.5 Å². The van der Waals surface area contributed by atoms with Gasteiger partial charge in [-0.05, 0) is 40.0 Å². The maximum absolute atomic E-state index is 15.8. The van der Waals surface area contributed by atoms with Crippen LogP contribution in [0.5, 0.6) is 0 Å². The number of nitrogens with zero attached hydrogens (tertiary/aromatic N) is 6. The predicted molar refractivity (Wildman–Crippen MR) is 159 cm³/mol. The van der Waals surface area contributed by atoms with E-state index in [0.29, 0.717) is 62.7 Å². The first-order chi connectivity index (χ1) is 20.9. The number of likely N-dealkylation sites (N-methyl/N-ethyl adjacent to an activating group) is 1. The molecule has 1 aromatic carbocycles. The van der Waals surface area contributed by atoms with E-state index in [1.807, 2.05) is 30.7 Å². The van der Waals surface area contributed by atoms with Crippen molar-refractivity contribution in [2.45, 2.75) is 45.6 Å². The summed E-state index contributed by atoms with van der Waals surface area (Å²) in [6, 6.07) is 3.26. The van der Waals surface area contributed by atoms with Gasteiger partial charge in [-0.2, -0.15) is 13.2 Å². The topological polar surface area (TPSA) is 95.8 Å². The number of hydrogen-bond donors (Lipinski definition) is 1. The van der Waals surface area contributed by atoms with Gasteiger partial charge in [-0.3, -0.25) is 14.5 Å². The van der Waals surface area contributed by atoms with Gasteiger partial charge in [0.25, 0.3) is 11.5 Å². The fourth-order valence-corrected chi connectivity index (χ4v) is 5.56. The lowest BCUT2D eigenvalue weighted by atomic mass is 10.0. The Morgan fingerprint density at radius 2 is 1.68 bits per heavy atom. The molecule has 2 aliphatic heterocycles. The maximum Gasteiger partial charge on any atom is 0.417 e. The first-order valence-corrected chi connectivity index (χ1v) is 14.5. The lowest BCUT2D eigenvalue weighted by molar-refractivity contribution is -0.138. The van der Waals surface area contributed by atoms with Crippen molar-refractivity contribution < 1.29 is 27.1 Å². The highest BCUT2D eigenvalue weighted by Crippen LogP contribution is 2.37. The van der Waals surface area contributed by atoms with Gasteiger partial charge in [0.15, 0.2) is 0 Å². The summed E-state index contributed by atoms with van der Waals surface area (Å²) in [5.41, 5.74) is -2.08. The van der Waals surface area contributed by atoms with Crippen LogP contribution in [0.3, 0.4) is 0 Å². The highest BCUT2D eigenvalue weighted by molar-refractivity contribution is 6.07. The molecule has 236 valence electrons. The number of benzene rings is 1. The number of hydrogen-bond acceptors (Lipinski definition) is 8. The van der Waals surface area contributed by atoms with Crippen molar-refractivity contribution in [2.24, 2.45) is 0 Å². The molecule has 0 bridgehead atoms. The number of aryl methyl sites for hydroxylation is 1. The maximum atomic E-state index is 15.8. The molecule has 2 aliphatic rings. The average Bonchev–Trinajstić information content (AvgIpc) is 3.00. The van der Waals surface area contributed by atoms with Gasteiger partial charge in [-0.15, -0.1) is 0 Å². The van der Waals surface area contributed by atoms with E-state index in [2.05, 4.69) is 20.2 Å². The molecule has 0 aliphatic carbocycles. The summed E-state index contributed by atoms with van der Waals surface area (Å²) in [6.07, 6.45) is -1.10. The quantitative estimate of drug-likeness (QED) is 0.414. The molecule has 14 heteroatoms. The van der Waals surface area contributed by atoms with Gasteiger partial charge in [0, 0.05) is 80.6 Å². The molecule has 44 heavy (non-hydrogen) atoms. The number of aromatic nitrogens is 3. The summed E-state index contributed by atoms with van der Waals surface area (Å²) in [4.78, 5) is 40.6. The molecule has 10 nitrogen and oxygen atoms in total. The van der Waals surface area contributed by atoms with Crippen molar-refractivity contribution in [1.29, 1.82) is 0 Å². The van der Waals surface area contributed by atoms with Crippen LogP contribution in [0.1, 0.15) is 36.7 Å². The van der Waals surface area contributed by atoms with Crippen LogP contribution >= 0.6 is 0 Å². The lowest BCUT2D eigenvalue weighted by Gasteiger charge is -2.44. The average molecular weight is 618 g/mol. The number of rotatable bonds is 6. The van der Waals surface area contributed by atoms with E-state index >= 15 is 4.39 Å². The second kappa shape index (κ2) is 12.5.